The molecule has 0 aliphatic rings. The molecule has 0 aliphatic heterocycles. The Bertz CT molecular complexity index is 880. The van der Waals surface area contributed by atoms with E-state index in [9.17, 15) is 20.1 Å². The molecular weight excluding hydrogens is 356 g/mol. The maximum atomic E-state index is 11.6. The van der Waals surface area contributed by atoms with E-state index in [0.717, 1.165) is 6.92 Å². The topological polar surface area (TPSA) is 120 Å². The van der Waals surface area contributed by atoms with Gasteiger partial charge in [0, 0.05) is 18.6 Å². The van der Waals surface area contributed by atoms with E-state index in [-0.39, 0.29) is 17.0 Å². The molecule has 0 bridgehead atoms. The number of nitro benzene ring substituents is 1. The van der Waals surface area contributed by atoms with E-state index in [2.05, 4.69) is 5.16 Å². The van der Waals surface area contributed by atoms with Crippen molar-refractivity contribution in [2.24, 2.45) is 5.16 Å². The van der Waals surface area contributed by atoms with Gasteiger partial charge in [-0.25, -0.2) is 0 Å². The lowest BCUT2D eigenvalue weighted by Gasteiger charge is -2.19. The van der Waals surface area contributed by atoms with Gasteiger partial charge in [-0.3, -0.25) is 14.9 Å². The Balaban J connectivity index is 2.62. The van der Waals surface area contributed by atoms with E-state index < -0.39 is 17.0 Å². The van der Waals surface area contributed by atoms with Gasteiger partial charge in [-0.2, -0.15) is 0 Å². The van der Waals surface area contributed by atoms with Crippen LogP contribution >= 0.6 is 0 Å². The van der Waals surface area contributed by atoms with Gasteiger partial charge in [0.25, 0.3) is 5.69 Å². The molecule has 2 aromatic carbocycles. The highest BCUT2D eigenvalue weighted by molar-refractivity contribution is 6.05. The van der Waals surface area contributed by atoms with Crippen LogP contribution < -0.4 is 9.47 Å². The van der Waals surface area contributed by atoms with E-state index in [0.29, 0.717) is 17.1 Å². The molecule has 0 spiro atoms. The van der Waals surface area contributed by atoms with Crippen LogP contribution in [0, 0.1) is 10.1 Å². The van der Waals surface area contributed by atoms with Gasteiger partial charge in [-0.05, 0) is 24.3 Å². The third-order valence-electron chi connectivity index (χ3n) is 3.74. The second-order valence-corrected chi connectivity index (χ2v) is 5.36. The van der Waals surface area contributed by atoms with Crippen molar-refractivity contribution in [3.63, 3.8) is 0 Å². The first-order valence-electron chi connectivity index (χ1n) is 7.77. The zero-order chi connectivity index (χ0) is 20.0. The molecule has 0 aromatic heterocycles. The first-order valence-corrected chi connectivity index (χ1v) is 7.77. The van der Waals surface area contributed by atoms with Crippen LogP contribution in [0.5, 0.6) is 11.5 Å². The van der Waals surface area contributed by atoms with E-state index >= 15 is 0 Å². The van der Waals surface area contributed by atoms with Gasteiger partial charge in [0.1, 0.15) is 5.71 Å². The highest BCUT2D eigenvalue weighted by atomic mass is 16.6. The van der Waals surface area contributed by atoms with Gasteiger partial charge in [0.05, 0.1) is 24.7 Å². The Kier molecular flexibility index (Phi) is 6.32. The standard InChI is InChI=1S/C18H18N2O7/c1-11(21)27-18(13-6-4-5-7-14(13)20(23)24)17(19-22)12-8-9-15(25-2)16(10-12)26-3/h4-10,18,22H,1-3H3/b19-17+. The van der Waals surface area contributed by atoms with Crippen LogP contribution in [0.4, 0.5) is 5.69 Å². The van der Waals surface area contributed by atoms with Gasteiger partial charge in [-0.1, -0.05) is 17.3 Å². The lowest BCUT2D eigenvalue weighted by molar-refractivity contribution is -0.386. The third kappa shape index (κ3) is 4.32. The van der Waals surface area contributed by atoms with Crippen molar-refractivity contribution in [3.8, 4) is 11.5 Å². The van der Waals surface area contributed by atoms with Crippen LogP contribution in [0.2, 0.25) is 0 Å². The Hall–Kier alpha value is -3.62. The van der Waals surface area contributed by atoms with Crippen LogP contribution in [0.3, 0.4) is 0 Å². The summed E-state index contributed by atoms with van der Waals surface area (Å²) in [6, 6.07) is 10.4. The summed E-state index contributed by atoms with van der Waals surface area (Å²) in [7, 11) is 2.90. The second kappa shape index (κ2) is 8.65. The molecule has 0 heterocycles. The van der Waals surface area contributed by atoms with Crippen molar-refractivity contribution < 1.29 is 29.1 Å². The largest absolute Gasteiger partial charge is 0.493 e. The van der Waals surface area contributed by atoms with Gasteiger partial charge >= 0.3 is 5.97 Å². The normalized spacial score (nSPS) is 12.2. The quantitative estimate of drug-likeness (QED) is 0.260. The Morgan fingerprint density at radius 1 is 1.15 bits per heavy atom. The molecule has 0 amide bonds. The average molecular weight is 374 g/mol. The van der Waals surface area contributed by atoms with Crippen LogP contribution in [0.15, 0.2) is 47.6 Å². The predicted molar refractivity (Wildman–Crippen MR) is 95.5 cm³/mol. The highest BCUT2D eigenvalue weighted by Crippen LogP contribution is 2.34. The van der Waals surface area contributed by atoms with Gasteiger partial charge < -0.3 is 19.4 Å². The third-order valence-corrected chi connectivity index (χ3v) is 3.74. The number of nitro groups is 1. The van der Waals surface area contributed by atoms with Crippen molar-refractivity contribution >= 4 is 17.4 Å². The molecule has 2 aromatic rings. The first-order chi connectivity index (χ1) is 12.9. The number of methoxy groups -OCH3 is 2. The highest BCUT2D eigenvalue weighted by Gasteiger charge is 2.30. The molecule has 1 N–H and O–H groups in total. The van der Waals surface area contributed by atoms with Crippen molar-refractivity contribution in [2.45, 2.75) is 13.0 Å². The molecular formula is C18H18N2O7. The summed E-state index contributed by atoms with van der Waals surface area (Å²) in [5.41, 5.74) is 0.0330. The lowest BCUT2D eigenvalue weighted by Crippen LogP contribution is -2.21. The molecule has 1 unspecified atom stereocenters. The summed E-state index contributed by atoms with van der Waals surface area (Å²) in [6.07, 6.45) is -1.30. The van der Waals surface area contributed by atoms with Crippen molar-refractivity contribution in [3.05, 3.63) is 63.7 Å². The summed E-state index contributed by atoms with van der Waals surface area (Å²) < 4.78 is 15.6. The number of benzene rings is 2. The zero-order valence-corrected chi connectivity index (χ0v) is 14.9. The smallest absolute Gasteiger partial charge is 0.303 e. The molecule has 9 nitrogen and oxygen atoms in total. The first kappa shape index (κ1) is 19.7. The SMILES string of the molecule is COc1ccc(/C(=N\O)C(OC(C)=O)c2ccccc2[N+](=O)[O-])cc1OC. The summed E-state index contributed by atoms with van der Waals surface area (Å²) in [5, 5.41) is 24.2. The molecule has 9 heteroatoms. The minimum atomic E-state index is -1.30. The van der Waals surface area contributed by atoms with E-state index in [4.69, 9.17) is 14.2 Å². The fourth-order valence-corrected chi connectivity index (χ4v) is 2.57. The number of carbonyl (C=O) groups excluding carboxylic acids is 1. The molecule has 0 radical (unpaired) electrons. The lowest BCUT2D eigenvalue weighted by atomic mass is 9.97. The molecule has 1 atom stereocenters. The van der Waals surface area contributed by atoms with Crippen LogP contribution in [0.25, 0.3) is 0 Å². The van der Waals surface area contributed by atoms with Crippen LogP contribution in [-0.4, -0.2) is 36.0 Å². The number of oxime groups is 1. The monoisotopic (exact) mass is 374 g/mol. The number of ether oxygens (including phenoxy) is 3. The van der Waals surface area contributed by atoms with Crippen molar-refractivity contribution in [2.75, 3.05) is 14.2 Å². The maximum Gasteiger partial charge on any atom is 0.303 e. The second-order valence-electron chi connectivity index (χ2n) is 5.36. The number of esters is 1. The summed E-state index contributed by atoms with van der Waals surface area (Å²) in [4.78, 5) is 22.4. The summed E-state index contributed by atoms with van der Waals surface area (Å²) in [5.74, 6) is 0.0910. The molecule has 2 rings (SSSR count). The number of para-hydroxylation sites is 1. The predicted octanol–water partition coefficient (Wildman–Crippen LogP) is 3.09. The molecule has 0 saturated carbocycles. The number of rotatable bonds is 7. The van der Waals surface area contributed by atoms with Crippen LogP contribution in [-0.2, 0) is 9.53 Å². The Labute approximate surface area is 154 Å². The number of nitrogens with zero attached hydrogens (tertiary/aromatic N) is 2. The van der Waals surface area contributed by atoms with Crippen LogP contribution in [0.1, 0.15) is 24.2 Å². The van der Waals surface area contributed by atoms with Gasteiger partial charge in [0.2, 0.25) is 0 Å². The molecule has 0 aliphatic carbocycles. The molecule has 0 fully saturated rings. The molecule has 0 saturated heterocycles. The summed E-state index contributed by atoms with van der Waals surface area (Å²) in [6.45, 7) is 1.16. The number of hydrogen-bond acceptors (Lipinski definition) is 8. The molecule has 142 valence electrons. The fraction of sp³-hybridized carbons (Fsp3) is 0.222. The molecule has 27 heavy (non-hydrogen) atoms. The number of hydrogen-bond donors (Lipinski definition) is 1. The van der Waals surface area contributed by atoms with E-state index in [1.54, 1.807) is 18.2 Å². The van der Waals surface area contributed by atoms with E-state index in [1.165, 1.54) is 38.5 Å². The average Bonchev–Trinajstić information content (AvgIpc) is 2.67. The minimum absolute atomic E-state index is 0.0697. The van der Waals surface area contributed by atoms with Gasteiger partial charge in [0.15, 0.2) is 17.6 Å². The Morgan fingerprint density at radius 3 is 2.37 bits per heavy atom. The summed E-state index contributed by atoms with van der Waals surface area (Å²) >= 11 is 0. The van der Waals surface area contributed by atoms with Crippen molar-refractivity contribution in [1.82, 2.24) is 0 Å². The zero-order valence-electron chi connectivity index (χ0n) is 14.9. The van der Waals surface area contributed by atoms with E-state index in [1.807, 2.05) is 0 Å². The Morgan fingerprint density at radius 2 is 1.81 bits per heavy atom. The van der Waals surface area contributed by atoms with Crippen molar-refractivity contribution in [1.29, 1.82) is 0 Å². The maximum absolute atomic E-state index is 11.6. The fourth-order valence-electron chi connectivity index (χ4n) is 2.57. The number of carbonyl (C=O) groups is 1. The minimum Gasteiger partial charge on any atom is -0.493 e. The van der Waals surface area contributed by atoms with Gasteiger partial charge in [-0.15, -0.1) is 0 Å².